The van der Waals surface area contributed by atoms with Crippen LogP contribution in [0.3, 0.4) is 0 Å². The lowest BCUT2D eigenvalue weighted by molar-refractivity contribution is 0.344. The average molecular weight is 252 g/mol. The Morgan fingerprint density at radius 3 is 2.76 bits per heavy atom. The maximum atomic E-state index is 10.8. The van der Waals surface area contributed by atoms with E-state index in [2.05, 4.69) is 4.98 Å². The van der Waals surface area contributed by atoms with Crippen LogP contribution in [0, 0.1) is 0 Å². The number of hydrogen-bond acceptors (Lipinski definition) is 4. The Morgan fingerprint density at radius 1 is 1.24 bits per heavy atom. The van der Waals surface area contributed by atoms with E-state index in [1.807, 2.05) is 24.3 Å². The normalized spacial score (nSPS) is 11.6. The third-order valence-corrected chi connectivity index (χ3v) is 2.96. The predicted octanol–water partition coefficient (Wildman–Crippen LogP) is 0.902. The smallest absolute Gasteiger partial charge is 0.212 e. The van der Waals surface area contributed by atoms with Crippen LogP contribution in [0.15, 0.2) is 36.5 Å². The first kappa shape index (κ1) is 11.8. The zero-order valence-corrected chi connectivity index (χ0v) is 9.85. The van der Waals surface area contributed by atoms with Crippen molar-refractivity contribution in [2.45, 2.75) is 0 Å². The standard InChI is InChI=1S/C11H12N2O3S/c12-17(14,15)8-7-16-10-5-1-3-9-4-2-6-13-11(9)10/h1-6H,7-8H2,(H2,12,14,15). The van der Waals surface area contributed by atoms with E-state index in [4.69, 9.17) is 9.88 Å². The molecular formula is C11H12N2O3S. The summed E-state index contributed by atoms with van der Waals surface area (Å²) in [4.78, 5) is 4.19. The number of rotatable bonds is 4. The van der Waals surface area contributed by atoms with E-state index in [1.165, 1.54) is 0 Å². The highest BCUT2D eigenvalue weighted by molar-refractivity contribution is 7.89. The maximum absolute atomic E-state index is 10.8. The minimum Gasteiger partial charge on any atom is -0.490 e. The molecule has 0 saturated carbocycles. The summed E-state index contributed by atoms with van der Waals surface area (Å²) in [5.74, 6) is 0.350. The van der Waals surface area contributed by atoms with Gasteiger partial charge in [-0.25, -0.2) is 13.6 Å². The molecule has 0 atom stereocenters. The predicted molar refractivity (Wildman–Crippen MR) is 65.2 cm³/mol. The van der Waals surface area contributed by atoms with Gasteiger partial charge in [0.25, 0.3) is 0 Å². The highest BCUT2D eigenvalue weighted by Crippen LogP contribution is 2.22. The maximum Gasteiger partial charge on any atom is 0.212 e. The number of aromatic nitrogens is 1. The van der Waals surface area contributed by atoms with Crippen molar-refractivity contribution >= 4 is 20.9 Å². The lowest BCUT2D eigenvalue weighted by Gasteiger charge is -2.07. The van der Waals surface area contributed by atoms with Crippen LogP contribution >= 0.6 is 0 Å². The molecular weight excluding hydrogens is 240 g/mol. The quantitative estimate of drug-likeness (QED) is 0.876. The summed E-state index contributed by atoms with van der Waals surface area (Å²) in [6.07, 6.45) is 1.66. The van der Waals surface area contributed by atoms with Gasteiger partial charge in [0.15, 0.2) is 0 Å². The Kier molecular flexibility index (Phi) is 3.26. The van der Waals surface area contributed by atoms with Gasteiger partial charge in [-0.1, -0.05) is 18.2 Å². The van der Waals surface area contributed by atoms with E-state index >= 15 is 0 Å². The fourth-order valence-corrected chi connectivity index (χ4v) is 1.78. The van der Waals surface area contributed by atoms with E-state index in [0.717, 1.165) is 5.39 Å². The lowest BCUT2D eigenvalue weighted by atomic mass is 10.2. The van der Waals surface area contributed by atoms with Crippen molar-refractivity contribution in [2.75, 3.05) is 12.4 Å². The number of primary sulfonamides is 1. The number of fused-ring (bicyclic) bond motifs is 1. The van der Waals surface area contributed by atoms with Crippen molar-refractivity contribution in [1.82, 2.24) is 4.98 Å². The fraction of sp³-hybridized carbons (Fsp3) is 0.182. The number of hydrogen-bond donors (Lipinski definition) is 1. The molecule has 2 N–H and O–H groups in total. The van der Waals surface area contributed by atoms with Crippen LogP contribution in [0.2, 0.25) is 0 Å². The first-order chi connectivity index (χ1) is 8.06. The topological polar surface area (TPSA) is 82.3 Å². The van der Waals surface area contributed by atoms with Gasteiger partial charge in [0.05, 0.1) is 5.75 Å². The zero-order valence-electron chi connectivity index (χ0n) is 9.04. The van der Waals surface area contributed by atoms with Crippen molar-refractivity contribution in [3.63, 3.8) is 0 Å². The second kappa shape index (κ2) is 4.68. The van der Waals surface area contributed by atoms with Gasteiger partial charge in [-0.15, -0.1) is 0 Å². The summed E-state index contributed by atoms with van der Waals surface area (Å²) in [7, 11) is -3.49. The average Bonchev–Trinajstić information content (AvgIpc) is 2.28. The van der Waals surface area contributed by atoms with Crippen molar-refractivity contribution in [3.05, 3.63) is 36.5 Å². The Labute approximate surface area is 99.3 Å². The number of nitrogens with zero attached hydrogens (tertiary/aromatic N) is 1. The molecule has 0 bridgehead atoms. The summed E-state index contributed by atoms with van der Waals surface area (Å²) in [6, 6.07) is 9.23. The molecule has 0 unspecified atom stereocenters. The molecule has 0 spiro atoms. The highest BCUT2D eigenvalue weighted by atomic mass is 32.2. The molecule has 0 fully saturated rings. The van der Waals surface area contributed by atoms with E-state index in [-0.39, 0.29) is 12.4 Å². The van der Waals surface area contributed by atoms with E-state index in [0.29, 0.717) is 11.3 Å². The minimum atomic E-state index is -3.49. The van der Waals surface area contributed by atoms with Crippen LogP contribution in [0.25, 0.3) is 10.9 Å². The summed E-state index contributed by atoms with van der Waals surface area (Å²) in [5.41, 5.74) is 0.712. The second-order valence-corrected chi connectivity index (χ2v) is 5.28. The molecule has 0 aliphatic heterocycles. The number of pyridine rings is 1. The van der Waals surface area contributed by atoms with E-state index < -0.39 is 10.0 Å². The van der Waals surface area contributed by atoms with Gasteiger partial charge < -0.3 is 4.74 Å². The first-order valence-electron chi connectivity index (χ1n) is 5.03. The van der Waals surface area contributed by atoms with Gasteiger partial charge in [0.2, 0.25) is 10.0 Å². The van der Waals surface area contributed by atoms with Gasteiger partial charge in [0, 0.05) is 11.6 Å². The molecule has 0 saturated heterocycles. The SMILES string of the molecule is NS(=O)(=O)CCOc1cccc2cccnc12. The zero-order chi connectivity index (χ0) is 12.3. The number of benzene rings is 1. The van der Waals surface area contributed by atoms with E-state index in [1.54, 1.807) is 12.3 Å². The first-order valence-corrected chi connectivity index (χ1v) is 6.75. The summed E-state index contributed by atoms with van der Waals surface area (Å²) in [6.45, 7) is 0.0223. The van der Waals surface area contributed by atoms with Gasteiger partial charge >= 0.3 is 0 Å². The molecule has 1 aromatic heterocycles. The highest BCUT2D eigenvalue weighted by Gasteiger charge is 2.05. The van der Waals surface area contributed by atoms with Crippen molar-refractivity contribution in [2.24, 2.45) is 5.14 Å². The molecule has 1 aromatic carbocycles. The van der Waals surface area contributed by atoms with Crippen LogP contribution < -0.4 is 9.88 Å². The fourth-order valence-electron chi connectivity index (χ4n) is 1.46. The molecule has 1 heterocycles. The van der Waals surface area contributed by atoms with Gasteiger partial charge in [-0.3, -0.25) is 4.98 Å². The molecule has 0 aliphatic rings. The van der Waals surface area contributed by atoms with Gasteiger partial charge in [-0.2, -0.15) is 0 Å². The largest absolute Gasteiger partial charge is 0.490 e. The summed E-state index contributed by atoms with van der Waals surface area (Å²) >= 11 is 0. The molecule has 2 aromatic rings. The van der Waals surface area contributed by atoms with Gasteiger partial charge in [-0.05, 0) is 12.1 Å². The molecule has 5 nitrogen and oxygen atoms in total. The molecule has 6 heteroatoms. The van der Waals surface area contributed by atoms with Crippen LogP contribution in [-0.2, 0) is 10.0 Å². The molecule has 0 radical (unpaired) electrons. The van der Waals surface area contributed by atoms with Crippen LogP contribution in [-0.4, -0.2) is 25.8 Å². The molecule has 0 aliphatic carbocycles. The van der Waals surface area contributed by atoms with Crippen molar-refractivity contribution in [3.8, 4) is 5.75 Å². The number of ether oxygens (including phenoxy) is 1. The Hall–Kier alpha value is -1.66. The molecule has 2 rings (SSSR count). The van der Waals surface area contributed by atoms with Gasteiger partial charge in [0.1, 0.15) is 17.9 Å². The van der Waals surface area contributed by atoms with Crippen LogP contribution in [0.5, 0.6) is 5.75 Å². The third kappa shape index (κ3) is 3.15. The second-order valence-electron chi connectivity index (χ2n) is 3.55. The van der Waals surface area contributed by atoms with Crippen LogP contribution in [0.4, 0.5) is 0 Å². The lowest BCUT2D eigenvalue weighted by Crippen LogP contribution is -2.21. The number of para-hydroxylation sites is 1. The molecule has 17 heavy (non-hydrogen) atoms. The molecule has 90 valence electrons. The molecule has 0 amide bonds. The number of nitrogens with two attached hydrogens (primary N) is 1. The van der Waals surface area contributed by atoms with Crippen molar-refractivity contribution < 1.29 is 13.2 Å². The monoisotopic (exact) mass is 252 g/mol. The van der Waals surface area contributed by atoms with Crippen molar-refractivity contribution in [1.29, 1.82) is 0 Å². The Morgan fingerprint density at radius 2 is 2.00 bits per heavy atom. The Balaban J connectivity index is 2.19. The van der Waals surface area contributed by atoms with E-state index in [9.17, 15) is 8.42 Å². The minimum absolute atomic E-state index is 0.0223. The Bertz CT molecular complexity index is 620. The third-order valence-electron chi connectivity index (χ3n) is 2.22. The van der Waals surface area contributed by atoms with Crippen LogP contribution in [0.1, 0.15) is 0 Å². The summed E-state index contributed by atoms with van der Waals surface area (Å²) in [5, 5.41) is 5.83. The summed E-state index contributed by atoms with van der Waals surface area (Å²) < 4.78 is 26.9. The number of sulfonamides is 1.